The lowest BCUT2D eigenvalue weighted by Crippen LogP contribution is -2.47. The van der Waals surface area contributed by atoms with E-state index in [4.69, 9.17) is 14.3 Å². The van der Waals surface area contributed by atoms with E-state index < -0.39 is 11.7 Å². The standard InChI is InChI=1S/C29H28BrNO5/c1-17-23(32)12-14-28(2)13-11-20-26(25(17)28)35-27(33)29(20)16-22(18-9-10-24(34-3)21(30)15-18)31(36-29)19-7-5-4-6-8-19/h4-10,12,14-15,20,22,26H,11,13,16H2,1-3H3/t20-,22-,26+,28+,29+/m1/s1. The Kier molecular flexibility index (Phi) is 5.43. The van der Waals surface area contributed by atoms with Crippen molar-refractivity contribution in [2.24, 2.45) is 11.3 Å². The van der Waals surface area contributed by atoms with E-state index >= 15 is 0 Å². The molecule has 0 unspecified atom stereocenters. The van der Waals surface area contributed by atoms with Crippen LogP contribution < -0.4 is 9.80 Å². The molecule has 186 valence electrons. The van der Waals surface area contributed by atoms with Gasteiger partial charge in [0, 0.05) is 23.3 Å². The molecule has 1 saturated carbocycles. The number of para-hydroxylation sites is 1. The first kappa shape index (κ1) is 23.5. The van der Waals surface area contributed by atoms with E-state index in [-0.39, 0.29) is 29.1 Å². The maximum absolute atomic E-state index is 13.7. The van der Waals surface area contributed by atoms with Crippen molar-refractivity contribution in [2.75, 3.05) is 12.2 Å². The van der Waals surface area contributed by atoms with E-state index in [2.05, 4.69) is 22.9 Å². The van der Waals surface area contributed by atoms with E-state index in [0.717, 1.165) is 39.9 Å². The molecule has 7 heteroatoms. The fraction of sp³-hybridized carbons (Fsp3) is 0.379. The predicted octanol–water partition coefficient (Wildman–Crippen LogP) is 5.88. The molecule has 0 N–H and O–H groups in total. The number of hydrogen-bond acceptors (Lipinski definition) is 6. The molecule has 2 aromatic rings. The van der Waals surface area contributed by atoms with Gasteiger partial charge in [-0.05, 0) is 77.2 Å². The lowest BCUT2D eigenvalue weighted by atomic mass is 9.60. The largest absolute Gasteiger partial charge is 0.496 e. The van der Waals surface area contributed by atoms with Crippen LogP contribution in [0, 0.1) is 11.3 Å². The van der Waals surface area contributed by atoms with Crippen molar-refractivity contribution in [3.63, 3.8) is 0 Å². The van der Waals surface area contributed by atoms with Gasteiger partial charge in [-0.1, -0.05) is 37.3 Å². The lowest BCUT2D eigenvalue weighted by molar-refractivity contribution is -0.157. The SMILES string of the molecule is COc1ccc([C@H]2C[C@@]3(ON2c2ccccc2)C(=O)O[C@@H]2C4=C(C)C(=O)C=C[C@]4(C)CC[C@H]23)cc1Br. The van der Waals surface area contributed by atoms with E-state index in [1.54, 1.807) is 13.2 Å². The predicted molar refractivity (Wildman–Crippen MR) is 138 cm³/mol. The number of carbonyl (C=O) groups is 2. The van der Waals surface area contributed by atoms with Crippen LogP contribution in [0.25, 0.3) is 0 Å². The van der Waals surface area contributed by atoms with Crippen molar-refractivity contribution < 1.29 is 23.9 Å². The van der Waals surface area contributed by atoms with Gasteiger partial charge in [-0.25, -0.2) is 9.86 Å². The Balaban J connectivity index is 1.44. The van der Waals surface area contributed by atoms with Crippen LogP contribution in [0.15, 0.2) is 76.3 Å². The fourth-order valence-electron chi connectivity index (χ4n) is 6.52. The summed E-state index contributed by atoms with van der Waals surface area (Å²) in [6, 6.07) is 15.6. The summed E-state index contributed by atoms with van der Waals surface area (Å²) in [5.74, 6) is 0.197. The number of nitrogens with zero attached hydrogens (tertiary/aromatic N) is 1. The third-order valence-corrected chi connectivity index (χ3v) is 9.03. The minimum absolute atomic E-state index is 0.0145. The molecule has 2 heterocycles. The first-order valence-electron chi connectivity index (χ1n) is 12.3. The Bertz CT molecular complexity index is 1320. The van der Waals surface area contributed by atoms with Gasteiger partial charge in [0.15, 0.2) is 5.78 Å². The molecular weight excluding hydrogens is 522 g/mol. The van der Waals surface area contributed by atoms with Crippen molar-refractivity contribution in [1.82, 2.24) is 0 Å². The molecule has 2 aliphatic carbocycles. The van der Waals surface area contributed by atoms with Crippen LogP contribution in [0.4, 0.5) is 5.69 Å². The summed E-state index contributed by atoms with van der Waals surface area (Å²) in [6.45, 7) is 3.98. The summed E-state index contributed by atoms with van der Waals surface area (Å²) in [6.07, 6.45) is 5.22. The fourth-order valence-corrected chi connectivity index (χ4v) is 7.08. The van der Waals surface area contributed by atoms with E-state index in [9.17, 15) is 9.59 Å². The first-order chi connectivity index (χ1) is 17.3. The molecule has 6 nitrogen and oxygen atoms in total. The van der Waals surface area contributed by atoms with E-state index in [1.807, 2.05) is 66.6 Å². The molecule has 6 rings (SSSR count). The molecule has 4 aliphatic rings. The number of esters is 1. The second kappa shape index (κ2) is 8.32. The summed E-state index contributed by atoms with van der Waals surface area (Å²) in [4.78, 5) is 33.0. The normalized spacial score (nSPS) is 33.1. The highest BCUT2D eigenvalue weighted by Gasteiger charge is 2.68. The van der Waals surface area contributed by atoms with Crippen LogP contribution in [-0.4, -0.2) is 30.6 Å². The summed E-state index contributed by atoms with van der Waals surface area (Å²) in [5.41, 5.74) is 2.08. The highest BCUT2D eigenvalue weighted by atomic mass is 79.9. The van der Waals surface area contributed by atoms with Gasteiger partial charge in [0.25, 0.3) is 0 Å². The minimum atomic E-state index is -1.13. The number of rotatable bonds is 3. The molecule has 3 fully saturated rings. The molecule has 0 radical (unpaired) electrons. The first-order valence-corrected chi connectivity index (χ1v) is 13.1. The summed E-state index contributed by atoms with van der Waals surface area (Å²) >= 11 is 3.61. The molecule has 0 bridgehead atoms. The molecule has 0 aromatic heterocycles. The molecule has 2 saturated heterocycles. The molecule has 2 aliphatic heterocycles. The number of halogens is 1. The zero-order valence-corrected chi connectivity index (χ0v) is 22.1. The maximum atomic E-state index is 13.7. The number of ether oxygens (including phenoxy) is 2. The highest BCUT2D eigenvalue weighted by Crippen LogP contribution is 2.59. The Morgan fingerprint density at radius 2 is 1.92 bits per heavy atom. The number of hydroxylamine groups is 1. The van der Waals surface area contributed by atoms with Gasteiger partial charge >= 0.3 is 5.97 Å². The van der Waals surface area contributed by atoms with Crippen LogP contribution in [0.1, 0.15) is 44.7 Å². The summed E-state index contributed by atoms with van der Waals surface area (Å²) in [5, 5.41) is 1.86. The third kappa shape index (κ3) is 3.32. The zero-order valence-electron chi connectivity index (χ0n) is 20.5. The van der Waals surface area contributed by atoms with Gasteiger partial charge in [-0.3, -0.25) is 9.63 Å². The zero-order chi connectivity index (χ0) is 25.2. The van der Waals surface area contributed by atoms with Gasteiger partial charge < -0.3 is 9.47 Å². The highest BCUT2D eigenvalue weighted by molar-refractivity contribution is 9.10. The quantitative estimate of drug-likeness (QED) is 0.445. The Morgan fingerprint density at radius 3 is 2.64 bits per heavy atom. The molecular formula is C29H28BrNO5. The van der Waals surface area contributed by atoms with Gasteiger partial charge in [-0.2, -0.15) is 0 Å². The number of methoxy groups -OCH3 is 1. The van der Waals surface area contributed by atoms with Gasteiger partial charge in [0.2, 0.25) is 5.60 Å². The number of benzene rings is 2. The van der Waals surface area contributed by atoms with Crippen LogP contribution in [-0.2, 0) is 19.2 Å². The number of hydrogen-bond donors (Lipinski definition) is 0. The number of fused-ring (bicyclic) bond motifs is 4. The number of allylic oxidation sites excluding steroid dienone is 3. The van der Waals surface area contributed by atoms with Crippen molar-refractivity contribution >= 4 is 33.4 Å². The second-order valence-corrected chi connectivity index (χ2v) is 11.2. The van der Waals surface area contributed by atoms with Gasteiger partial charge in [-0.15, -0.1) is 0 Å². The van der Waals surface area contributed by atoms with Crippen molar-refractivity contribution in [3.8, 4) is 5.75 Å². The summed E-state index contributed by atoms with van der Waals surface area (Å²) in [7, 11) is 1.64. The average molecular weight is 550 g/mol. The van der Waals surface area contributed by atoms with Crippen LogP contribution in [0.2, 0.25) is 0 Å². The molecule has 2 aromatic carbocycles. The van der Waals surface area contributed by atoms with Crippen LogP contribution in [0.3, 0.4) is 0 Å². The van der Waals surface area contributed by atoms with Gasteiger partial charge in [0.05, 0.1) is 23.3 Å². The maximum Gasteiger partial charge on any atom is 0.342 e. The molecule has 0 amide bonds. The van der Waals surface area contributed by atoms with Crippen LogP contribution in [0.5, 0.6) is 5.75 Å². The Morgan fingerprint density at radius 1 is 1.14 bits per heavy atom. The third-order valence-electron chi connectivity index (χ3n) is 8.41. The number of carbonyl (C=O) groups excluding carboxylic acids is 2. The average Bonchev–Trinajstić information content (AvgIpc) is 3.40. The van der Waals surface area contributed by atoms with Crippen molar-refractivity contribution in [3.05, 3.63) is 81.9 Å². The molecule has 1 spiro atoms. The minimum Gasteiger partial charge on any atom is -0.496 e. The molecule has 5 atom stereocenters. The van der Waals surface area contributed by atoms with Crippen molar-refractivity contribution in [1.29, 1.82) is 0 Å². The monoisotopic (exact) mass is 549 g/mol. The Labute approximate surface area is 219 Å². The Hall–Kier alpha value is -2.90. The van der Waals surface area contributed by atoms with Gasteiger partial charge in [0.1, 0.15) is 11.9 Å². The molecule has 36 heavy (non-hydrogen) atoms. The summed E-state index contributed by atoms with van der Waals surface area (Å²) < 4.78 is 12.4. The topological polar surface area (TPSA) is 65.1 Å². The van der Waals surface area contributed by atoms with Crippen LogP contribution >= 0.6 is 15.9 Å². The van der Waals surface area contributed by atoms with E-state index in [0.29, 0.717) is 12.0 Å². The van der Waals surface area contributed by atoms with E-state index in [1.165, 1.54) is 0 Å². The number of ketones is 1. The number of anilines is 1. The van der Waals surface area contributed by atoms with Crippen molar-refractivity contribution in [2.45, 2.75) is 50.9 Å². The lowest BCUT2D eigenvalue weighted by Gasteiger charge is -2.44. The smallest absolute Gasteiger partial charge is 0.342 e. The second-order valence-electron chi connectivity index (χ2n) is 10.4.